The van der Waals surface area contributed by atoms with E-state index in [1.54, 1.807) is 75.4 Å². The number of aromatic amines is 1. The van der Waals surface area contributed by atoms with Crippen LogP contribution in [0.5, 0.6) is 0 Å². The van der Waals surface area contributed by atoms with Gasteiger partial charge in [0.1, 0.15) is 5.41 Å². The smallest absolute Gasteiger partial charge is 0.325 e. The Labute approximate surface area is 195 Å². The standard InChI is InChI=1S/C25H23N5O4/c1-4-34-23(32)20(15-26)25(17(3)28-30(24(25)33)19-13-9-6-10-14-19)21-16(2)27-29(22(21)31)18-11-7-5-8-12-18/h5-14,20,27H,4H2,1-3H3/t20-,25-/m0/s1. The molecule has 172 valence electrons. The molecule has 1 aromatic heterocycles. The van der Waals surface area contributed by atoms with Crippen LogP contribution in [0.3, 0.4) is 0 Å². The lowest BCUT2D eigenvalue weighted by Gasteiger charge is -2.30. The number of aryl methyl sites for hydroxylation is 1. The number of benzene rings is 2. The number of carbonyl (C=O) groups is 2. The molecule has 0 radical (unpaired) electrons. The lowest BCUT2D eigenvalue weighted by atomic mass is 9.67. The highest BCUT2D eigenvalue weighted by atomic mass is 16.5. The van der Waals surface area contributed by atoms with E-state index in [0.717, 1.165) is 5.01 Å². The minimum Gasteiger partial charge on any atom is -0.465 e. The predicted octanol–water partition coefficient (Wildman–Crippen LogP) is 2.84. The van der Waals surface area contributed by atoms with Crippen LogP contribution in [0.1, 0.15) is 25.1 Å². The highest BCUT2D eigenvalue weighted by Gasteiger charge is 2.62. The molecule has 1 amide bonds. The van der Waals surface area contributed by atoms with Gasteiger partial charge in [0.15, 0.2) is 5.92 Å². The van der Waals surface area contributed by atoms with Crippen LogP contribution in [0.4, 0.5) is 5.69 Å². The molecule has 3 aromatic rings. The van der Waals surface area contributed by atoms with Crippen molar-refractivity contribution >= 4 is 23.3 Å². The zero-order chi connectivity index (χ0) is 24.5. The molecule has 1 aliphatic heterocycles. The second-order valence-electron chi connectivity index (χ2n) is 7.85. The topological polar surface area (TPSA) is 121 Å². The Hall–Kier alpha value is -4.45. The zero-order valence-electron chi connectivity index (χ0n) is 19.0. The van der Waals surface area contributed by atoms with Gasteiger partial charge in [0, 0.05) is 5.69 Å². The maximum atomic E-state index is 14.1. The first-order valence-electron chi connectivity index (χ1n) is 10.8. The Morgan fingerprint density at radius 2 is 1.68 bits per heavy atom. The normalized spacial score (nSPS) is 18.4. The molecule has 2 heterocycles. The molecule has 9 nitrogen and oxygen atoms in total. The first kappa shape index (κ1) is 22.7. The third-order valence-electron chi connectivity index (χ3n) is 5.92. The lowest BCUT2D eigenvalue weighted by Crippen LogP contribution is -2.54. The van der Waals surface area contributed by atoms with Crippen molar-refractivity contribution in [1.29, 1.82) is 5.26 Å². The first-order valence-corrected chi connectivity index (χ1v) is 10.8. The summed E-state index contributed by atoms with van der Waals surface area (Å²) in [5.41, 5.74) is -1.04. The summed E-state index contributed by atoms with van der Waals surface area (Å²) in [6.45, 7) is 4.79. The number of hydrazone groups is 1. The fourth-order valence-electron chi connectivity index (χ4n) is 4.43. The summed E-state index contributed by atoms with van der Waals surface area (Å²) < 4.78 is 6.45. The van der Waals surface area contributed by atoms with Gasteiger partial charge in [-0.1, -0.05) is 36.4 Å². The molecule has 2 atom stereocenters. The fourth-order valence-corrected chi connectivity index (χ4v) is 4.43. The number of carbonyl (C=O) groups excluding carboxylic acids is 2. The van der Waals surface area contributed by atoms with Gasteiger partial charge in [0.2, 0.25) is 0 Å². The van der Waals surface area contributed by atoms with Crippen LogP contribution >= 0.6 is 0 Å². The molecule has 1 aliphatic rings. The molecule has 0 saturated carbocycles. The Morgan fingerprint density at radius 3 is 2.24 bits per heavy atom. The van der Waals surface area contributed by atoms with Crippen molar-refractivity contribution in [2.45, 2.75) is 26.2 Å². The molecule has 34 heavy (non-hydrogen) atoms. The fraction of sp³-hybridized carbons (Fsp3) is 0.240. The number of aromatic nitrogens is 2. The van der Waals surface area contributed by atoms with Gasteiger partial charge in [-0.2, -0.15) is 15.4 Å². The minimum atomic E-state index is -1.96. The van der Waals surface area contributed by atoms with E-state index in [1.807, 2.05) is 12.1 Å². The van der Waals surface area contributed by atoms with Gasteiger partial charge in [0.05, 0.1) is 35.3 Å². The molecule has 0 saturated heterocycles. The number of anilines is 1. The number of amides is 1. The zero-order valence-corrected chi connectivity index (χ0v) is 19.0. The van der Waals surface area contributed by atoms with E-state index in [2.05, 4.69) is 10.2 Å². The quantitative estimate of drug-likeness (QED) is 0.571. The first-order chi connectivity index (χ1) is 16.4. The van der Waals surface area contributed by atoms with Crippen LogP contribution in [-0.4, -0.2) is 34.0 Å². The van der Waals surface area contributed by atoms with Gasteiger partial charge in [-0.15, -0.1) is 0 Å². The molecule has 0 fully saturated rings. The summed E-state index contributed by atoms with van der Waals surface area (Å²) in [5.74, 6) is -3.19. The minimum absolute atomic E-state index is 0.0133. The number of nitriles is 1. The van der Waals surface area contributed by atoms with E-state index in [0.29, 0.717) is 17.1 Å². The molecular weight excluding hydrogens is 434 g/mol. The number of H-pyrrole nitrogens is 1. The summed E-state index contributed by atoms with van der Waals surface area (Å²) in [5, 5.41) is 18.7. The molecular formula is C25H23N5O4. The lowest BCUT2D eigenvalue weighted by molar-refractivity contribution is -0.149. The molecule has 0 unspecified atom stereocenters. The van der Waals surface area contributed by atoms with Crippen molar-refractivity contribution in [3.05, 3.63) is 82.3 Å². The average Bonchev–Trinajstić information content (AvgIpc) is 3.28. The number of nitrogens with zero attached hydrogens (tertiary/aromatic N) is 4. The predicted molar refractivity (Wildman–Crippen MR) is 126 cm³/mol. The van der Waals surface area contributed by atoms with E-state index >= 15 is 0 Å². The Bertz CT molecular complexity index is 1370. The van der Waals surface area contributed by atoms with Gasteiger partial charge >= 0.3 is 5.97 Å². The summed E-state index contributed by atoms with van der Waals surface area (Å²) in [6.07, 6.45) is 0. The van der Waals surface area contributed by atoms with E-state index in [1.165, 1.54) is 4.68 Å². The SMILES string of the molecule is CCOC(=O)[C@H](C#N)[C@@]1(c2c(C)[nH]n(-c3ccccc3)c2=O)C(=O)N(c2ccccc2)N=C1C. The van der Waals surface area contributed by atoms with Gasteiger partial charge in [-0.05, 0) is 45.0 Å². The number of hydrogen-bond acceptors (Lipinski definition) is 6. The number of para-hydroxylation sites is 2. The Balaban J connectivity index is 2.00. The van der Waals surface area contributed by atoms with Gasteiger partial charge in [0.25, 0.3) is 11.5 Å². The molecule has 0 aliphatic carbocycles. The summed E-state index contributed by atoms with van der Waals surface area (Å²) >= 11 is 0. The van der Waals surface area contributed by atoms with Crippen molar-refractivity contribution < 1.29 is 14.3 Å². The molecule has 9 heteroatoms. The largest absolute Gasteiger partial charge is 0.465 e. The number of esters is 1. The summed E-state index contributed by atoms with van der Waals surface area (Å²) in [4.78, 5) is 40.8. The van der Waals surface area contributed by atoms with E-state index in [9.17, 15) is 19.6 Å². The summed E-state index contributed by atoms with van der Waals surface area (Å²) in [7, 11) is 0. The molecule has 0 bridgehead atoms. The average molecular weight is 457 g/mol. The maximum Gasteiger partial charge on any atom is 0.325 e. The highest BCUT2D eigenvalue weighted by Crippen LogP contribution is 2.42. The highest BCUT2D eigenvalue weighted by molar-refractivity contribution is 6.25. The van der Waals surface area contributed by atoms with Crippen LogP contribution < -0.4 is 10.6 Å². The second-order valence-corrected chi connectivity index (χ2v) is 7.85. The van der Waals surface area contributed by atoms with Crippen LogP contribution in [0.15, 0.2) is 70.6 Å². The molecule has 4 rings (SSSR count). The van der Waals surface area contributed by atoms with Gasteiger partial charge in [-0.25, -0.2) is 4.68 Å². The number of hydrogen-bond donors (Lipinski definition) is 1. The monoisotopic (exact) mass is 457 g/mol. The number of nitrogens with one attached hydrogen (secondary N) is 1. The third-order valence-corrected chi connectivity index (χ3v) is 5.92. The molecule has 2 aromatic carbocycles. The van der Waals surface area contributed by atoms with Crippen molar-refractivity contribution in [2.24, 2.45) is 11.0 Å². The number of rotatable bonds is 6. The van der Waals surface area contributed by atoms with Crippen LogP contribution in [-0.2, 0) is 19.7 Å². The van der Waals surface area contributed by atoms with E-state index in [-0.39, 0.29) is 17.9 Å². The molecule has 1 N–H and O–H groups in total. The Morgan fingerprint density at radius 1 is 1.09 bits per heavy atom. The van der Waals surface area contributed by atoms with Crippen LogP contribution in [0.25, 0.3) is 5.69 Å². The van der Waals surface area contributed by atoms with Crippen LogP contribution in [0, 0.1) is 24.2 Å². The Kier molecular flexibility index (Phi) is 5.90. The second kappa shape index (κ2) is 8.83. The molecule has 0 spiro atoms. The summed E-state index contributed by atoms with van der Waals surface area (Å²) in [6, 6.07) is 19.4. The van der Waals surface area contributed by atoms with E-state index < -0.39 is 28.8 Å². The van der Waals surface area contributed by atoms with Crippen molar-refractivity contribution in [2.75, 3.05) is 11.6 Å². The van der Waals surface area contributed by atoms with Crippen molar-refractivity contribution in [3.8, 4) is 11.8 Å². The van der Waals surface area contributed by atoms with Crippen molar-refractivity contribution in [3.63, 3.8) is 0 Å². The van der Waals surface area contributed by atoms with Crippen molar-refractivity contribution in [1.82, 2.24) is 9.78 Å². The van der Waals surface area contributed by atoms with Crippen LogP contribution in [0.2, 0.25) is 0 Å². The van der Waals surface area contributed by atoms with Gasteiger partial charge in [-0.3, -0.25) is 19.5 Å². The van der Waals surface area contributed by atoms with E-state index in [4.69, 9.17) is 4.74 Å². The van der Waals surface area contributed by atoms with Gasteiger partial charge < -0.3 is 4.74 Å². The maximum absolute atomic E-state index is 14.1. The third kappa shape index (κ3) is 3.31. The number of ether oxygens (including phenoxy) is 1.